The van der Waals surface area contributed by atoms with E-state index in [9.17, 15) is 4.79 Å². The van der Waals surface area contributed by atoms with E-state index in [2.05, 4.69) is 34.9 Å². The van der Waals surface area contributed by atoms with Crippen molar-refractivity contribution in [1.29, 1.82) is 0 Å². The first-order valence-electron chi connectivity index (χ1n) is 14.7. The Morgan fingerprint density at radius 2 is 1.75 bits per heavy atom. The van der Waals surface area contributed by atoms with Gasteiger partial charge in [-0.15, -0.1) is 0 Å². The second kappa shape index (κ2) is 11.8. The molecule has 0 aliphatic carbocycles. The maximum atomic E-state index is 15.2. The van der Waals surface area contributed by atoms with E-state index in [4.69, 9.17) is 9.84 Å². The molecule has 0 amide bonds. The lowest BCUT2D eigenvalue weighted by atomic mass is 10.1. The Hall–Kier alpha value is -4.61. The summed E-state index contributed by atoms with van der Waals surface area (Å²) in [5, 5.41) is 9.01. The Morgan fingerprint density at radius 1 is 1.00 bits per heavy atom. The number of halogens is 1. The standard InChI is InChI=1S/C33H36FN7O2Si/c1-22-15-16-40-29(22)33(42)41(24-11-7-6-8-12-24)31(38-40)23(2)37-30-28-26(25-13-9-10-14-27(25)34)19-39(32(28)36-20-35-30)21-43-17-18-44(3,4)5/h6-16,19-20,23H,17-18,21H2,1-5H3,(H,35,36,37)/t23-/m0/s1. The van der Waals surface area contributed by atoms with Crippen molar-refractivity contribution in [3.63, 3.8) is 0 Å². The lowest BCUT2D eigenvalue weighted by Crippen LogP contribution is -2.29. The Bertz CT molecular complexity index is 2010. The molecule has 6 rings (SSSR count). The molecule has 0 aliphatic heterocycles. The topological polar surface area (TPSA) is 91.3 Å². The highest BCUT2D eigenvalue weighted by Gasteiger charge is 2.24. The van der Waals surface area contributed by atoms with Gasteiger partial charge in [0.25, 0.3) is 5.56 Å². The number of nitrogens with zero attached hydrogens (tertiary/aromatic N) is 6. The maximum Gasteiger partial charge on any atom is 0.282 e. The third-order valence-corrected chi connectivity index (χ3v) is 9.42. The van der Waals surface area contributed by atoms with E-state index in [1.165, 1.54) is 12.4 Å². The average molecular weight is 610 g/mol. The van der Waals surface area contributed by atoms with Crippen molar-refractivity contribution >= 4 is 30.4 Å². The molecule has 4 heterocycles. The molecule has 226 valence electrons. The van der Waals surface area contributed by atoms with Crippen LogP contribution in [0.25, 0.3) is 33.4 Å². The van der Waals surface area contributed by atoms with Crippen LogP contribution in [0.1, 0.15) is 24.4 Å². The highest BCUT2D eigenvalue weighted by Crippen LogP contribution is 2.36. The Kier molecular flexibility index (Phi) is 7.91. The van der Waals surface area contributed by atoms with Crippen LogP contribution in [0.15, 0.2) is 84.2 Å². The molecule has 0 saturated heterocycles. The Balaban J connectivity index is 1.45. The van der Waals surface area contributed by atoms with E-state index in [0.29, 0.717) is 51.6 Å². The van der Waals surface area contributed by atoms with Crippen LogP contribution in [0.3, 0.4) is 0 Å². The second-order valence-corrected chi connectivity index (χ2v) is 17.9. The van der Waals surface area contributed by atoms with Crippen molar-refractivity contribution in [2.45, 2.75) is 52.3 Å². The zero-order valence-corrected chi connectivity index (χ0v) is 26.6. The van der Waals surface area contributed by atoms with Gasteiger partial charge in [0.15, 0.2) is 5.82 Å². The lowest BCUT2D eigenvalue weighted by molar-refractivity contribution is 0.0899. The first kappa shape index (κ1) is 29.5. The fourth-order valence-electron chi connectivity index (χ4n) is 5.36. The first-order valence-corrected chi connectivity index (χ1v) is 18.4. The van der Waals surface area contributed by atoms with Gasteiger partial charge in [0.05, 0.1) is 17.1 Å². The summed E-state index contributed by atoms with van der Waals surface area (Å²) < 4.78 is 26.4. The monoisotopic (exact) mass is 609 g/mol. The number of para-hydroxylation sites is 1. The zero-order valence-electron chi connectivity index (χ0n) is 25.6. The SMILES string of the molecule is Cc1ccn2nc([C@H](C)Nc3ncnc4c3c(-c3ccccc3F)cn4COCC[Si](C)(C)C)n(-c3ccccc3)c(=O)c12. The molecule has 4 aromatic heterocycles. The van der Waals surface area contributed by atoms with E-state index in [-0.39, 0.29) is 18.1 Å². The summed E-state index contributed by atoms with van der Waals surface area (Å²) in [6.07, 6.45) is 5.14. The predicted molar refractivity (Wildman–Crippen MR) is 175 cm³/mol. The van der Waals surface area contributed by atoms with Gasteiger partial charge in [-0.05, 0) is 49.7 Å². The van der Waals surface area contributed by atoms with Gasteiger partial charge in [-0.25, -0.2) is 18.9 Å². The number of ether oxygens (including phenoxy) is 1. The zero-order chi connectivity index (χ0) is 31.0. The smallest absolute Gasteiger partial charge is 0.282 e. The number of fused-ring (bicyclic) bond motifs is 2. The summed E-state index contributed by atoms with van der Waals surface area (Å²) in [4.78, 5) is 23.1. The number of aromatic nitrogens is 6. The third kappa shape index (κ3) is 5.68. The summed E-state index contributed by atoms with van der Waals surface area (Å²) in [7, 11) is -1.26. The van der Waals surface area contributed by atoms with Crippen LogP contribution >= 0.6 is 0 Å². The van der Waals surface area contributed by atoms with Gasteiger partial charge >= 0.3 is 0 Å². The molecule has 6 aromatic rings. The average Bonchev–Trinajstić information content (AvgIpc) is 3.56. The van der Waals surface area contributed by atoms with E-state index in [0.717, 1.165) is 11.6 Å². The number of aryl methyl sites for hydroxylation is 1. The fourth-order valence-corrected chi connectivity index (χ4v) is 6.12. The molecule has 2 aromatic carbocycles. The maximum absolute atomic E-state index is 15.2. The van der Waals surface area contributed by atoms with E-state index < -0.39 is 14.1 Å². The summed E-state index contributed by atoms with van der Waals surface area (Å²) in [5.41, 5.74) is 3.60. The molecule has 0 spiro atoms. The molecular formula is C33H36FN7O2Si. The van der Waals surface area contributed by atoms with Crippen LogP contribution in [0.4, 0.5) is 10.2 Å². The quantitative estimate of drug-likeness (QED) is 0.135. The van der Waals surface area contributed by atoms with Crippen LogP contribution in [-0.4, -0.2) is 43.4 Å². The normalized spacial score (nSPS) is 12.7. The predicted octanol–water partition coefficient (Wildman–Crippen LogP) is 6.83. The molecular weight excluding hydrogens is 573 g/mol. The van der Waals surface area contributed by atoms with Crippen molar-refractivity contribution in [2.24, 2.45) is 0 Å². The number of hydrogen-bond donors (Lipinski definition) is 1. The van der Waals surface area contributed by atoms with Crippen molar-refractivity contribution < 1.29 is 9.13 Å². The third-order valence-electron chi connectivity index (χ3n) is 7.71. The molecule has 0 unspecified atom stereocenters. The molecule has 44 heavy (non-hydrogen) atoms. The van der Waals surface area contributed by atoms with Gasteiger partial charge in [0.1, 0.15) is 35.9 Å². The van der Waals surface area contributed by atoms with Gasteiger partial charge in [0, 0.05) is 38.2 Å². The number of hydrogen-bond acceptors (Lipinski definition) is 6. The van der Waals surface area contributed by atoms with Gasteiger partial charge in [-0.1, -0.05) is 56.0 Å². The highest BCUT2D eigenvalue weighted by molar-refractivity contribution is 6.76. The first-order chi connectivity index (χ1) is 21.1. The van der Waals surface area contributed by atoms with Crippen molar-refractivity contribution in [3.8, 4) is 16.8 Å². The van der Waals surface area contributed by atoms with Crippen molar-refractivity contribution in [1.82, 2.24) is 28.7 Å². The Labute approximate surface area is 256 Å². The summed E-state index contributed by atoms with van der Waals surface area (Å²) in [5.74, 6) is 0.652. The molecule has 1 atom stereocenters. The minimum Gasteiger partial charge on any atom is -0.361 e. The highest BCUT2D eigenvalue weighted by atomic mass is 28.3. The molecule has 9 nitrogen and oxygen atoms in total. The number of rotatable bonds is 10. The minimum absolute atomic E-state index is 0.168. The lowest BCUT2D eigenvalue weighted by Gasteiger charge is -2.20. The van der Waals surface area contributed by atoms with E-state index >= 15 is 4.39 Å². The number of nitrogens with one attached hydrogen (secondary N) is 1. The van der Waals surface area contributed by atoms with Crippen LogP contribution in [0.2, 0.25) is 25.7 Å². The summed E-state index contributed by atoms with van der Waals surface area (Å²) >= 11 is 0. The van der Waals surface area contributed by atoms with Crippen molar-refractivity contribution in [2.75, 3.05) is 11.9 Å². The van der Waals surface area contributed by atoms with Gasteiger partial charge in [0.2, 0.25) is 0 Å². The van der Waals surface area contributed by atoms with E-state index in [1.54, 1.807) is 27.4 Å². The molecule has 0 saturated carbocycles. The molecule has 0 radical (unpaired) electrons. The van der Waals surface area contributed by atoms with E-state index in [1.807, 2.05) is 67.1 Å². The van der Waals surface area contributed by atoms with Gasteiger partial charge < -0.3 is 14.6 Å². The molecule has 0 aliphatic rings. The molecule has 0 fully saturated rings. The number of benzene rings is 2. The van der Waals surface area contributed by atoms with Crippen LogP contribution in [-0.2, 0) is 11.5 Å². The van der Waals surface area contributed by atoms with Crippen LogP contribution in [0.5, 0.6) is 0 Å². The summed E-state index contributed by atoms with van der Waals surface area (Å²) in [6, 6.07) is 18.6. The van der Waals surface area contributed by atoms with Crippen LogP contribution in [0, 0.1) is 12.7 Å². The van der Waals surface area contributed by atoms with Gasteiger partial charge in [-0.3, -0.25) is 9.36 Å². The summed E-state index contributed by atoms with van der Waals surface area (Å²) in [6.45, 7) is 11.7. The van der Waals surface area contributed by atoms with Crippen LogP contribution < -0.4 is 10.9 Å². The molecule has 1 N–H and O–H groups in total. The minimum atomic E-state index is -1.26. The fraction of sp³-hybridized carbons (Fsp3) is 0.273. The molecule has 0 bridgehead atoms. The second-order valence-electron chi connectivity index (χ2n) is 12.3. The van der Waals surface area contributed by atoms with Crippen molar-refractivity contribution in [3.05, 3.63) is 107 Å². The molecule has 11 heteroatoms. The Morgan fingerprint density at radius 3 is 2.50 bits per heavy atom. The van der Waals surface area contributed by atoms with Gasteiger partial charge in [-0.2, -0.15) is 5.10 Å². The largest absolute Gasteiger partial charge is 0.361 e. The number of anilines is 1.